The molecule has 2 N–H and O–H groups in total. The van der Waals surface area contributed by atoms with Gasteiger partial charge in [-0.05, 0) is 43.5 Å². The molecular formula is C21H23BrFNO3. The van der Waals surface area contributed by atoms with Gasteiger partial charge < -0.3 is 15.2 Å². The van der Waals surface area contributed by atoms with Crippen LogP contribution in [0.1, 0.15) is 37.0 Å². The van der Waals surface area contributed by atoms with E-state index in [-0.39, 0.29) is 24.9 Å². The molecular weight excluding hydrogens is 413 g/mol. The quantitative estimate of drug-likeness (QED) is 0.558. The number of halogens is 2. The summed E-state index contributed by atoms with van der Waals surface area (Å²) < 4.78 is 20.4. The fraction of sp³-hybridized carbons (Fsp3) is 0.286. The van der Waals surface area contributed by atoms with E-state index in [9.17, 15) is 14.3 Å². The number of nitrogens with one attached hydrogen (secondary N) is 1. The molecule has 0 radical (unpaired) electrons. The van der Waals surface area contributed by atoms with E-state index in [2.05, 4.69) is 27.8 Å². The highest BCUT2D eigenvalue weighted by Crippen LogP contribution is 2.31. The van der Waals surface area contributed by atoms with Gasteiger partial charge in [0, 0.05) is 16.6 Å². The van der Waals surface area contributed by atoms with Crippen molar-refractivity contribution in [1.82, 2.24) is 5.32 Å². The molecule has 2 aromatic rings. The van der Waals surface area contributed by atoms with Gasteiger partial charge in [0.2, 0.25) is 0 Å². The Morgan fingerprint density at radius 3 is 2.63 bits per heavy atom. The Morgan fingerprint density at radius 2 is 2.00 bits per heavy atom. The highest BCUT2D eigenvalue weighted by molar-refractivity contribution is 9.10. The molecule has 144 valence electrons. The van der Waals surface area contributed by atoms with E-state index >= 15 is 0 Å². The van der Waals surface area contributed by atoms with Gasteiger partial charge >= 0.3 is 6.09 Å². The van der Waals surface area contributed by atoms with Crippen LogP contribution in [0.5, 0.6) is 0 Å². The largest absolute Gasteiger partial charge is 0.442 e. The zero-order chi connectivity index (χ0) is 19.9. The lowest BCUT2D eigenvalue weighted by molar-refractivity contribution is 0.0265. The third kappa shape index (κ3) is 5.91. The highest BCUT2D eigenvalue weighted by atomic mass is 79.9. The molecule has 4 nitrogen and oxygen atoms in total. The second kappa shape index (κ2) is 9.67. The SMILES string of the molecule is C=CCC(O)(CCNC(=O)O[C@@H](C)c1ccc(Br)cc1)c1ccccc1F. The van der Waals surface area contributed by atoms with E-state index in [1.54, 1.807) is 19.1 Å². The molecule has 0 aliphatic rings. The summed E-state index contributed by atoms with van der Waals surface area (Å²) in [6.07, 6.45) is 0.804. The van der Waals surface area contributed by atoms with Crippen LogP contribution < -0.4 is 5.32 Å². The highest BCUT2D eigenvalue weighted by Gasteiger charge is 2.30. The summed E-state index contributed by atoms with van der Waals surface area (Å²) in [5.74, 6) is -0.492. The number of alkyl carbamates (subject to hydrolysis) is 1. The lowest BCUT2D eigenvalue weighted by Gasteiger charge is -2.28. The molecule has 0 saturated heterocycles. The lowest BCUT2D eigenvalue weighted by atomic mass is 9.87. The first-order valence-corrected chi connectivity index (χ1v) is 9.43. The van der Waals surface area contributed by atoms with Crippen molar-refractivity contribution in [3.63, 3.8) is 0 Å². The summed E-state index contributed by atoms with van der Waals surface area (Å²) >= 11 is 3.36. The number of hydrogen-bond donors (Lipinski definition) is 2. The Hall–Kier alpha value is -2.18. The van der Waals surface area contributed by atoms with Gasteiger partial charge in [-0.15, -0.1) is 6.58 Å². The zero-order valence-electron chi connectivity index (χ0n) is 15.1. The molecule has 2 atom stereocenters. The van der Waals surface area contributed by atoms with Gasteiger partial charge in [0.05, 0.1) is 5.60 Å². The van der Waals surface area contributed by atoms with Crippen LogP contribution in [0.15, 0.2) is 65.7 Å². The van der Waals surface area contributed by atoms with Crippen LogP contribution in [0.2, 0.25) is 0 Å². The molecule has 1 amide bonds. The van der Waals surface area contributed by atoms with Crippen molar-refractivity contribution in [2.75, 3.05) is 6.54 Å². The first-order chi connectivity index (χ1) is 12.9. The fourth-order valence-corrected chi connectivity index (χ4v) is 3.06. The van der Waals surface area contributed by atoms with E-state index < -0.39 is 23.6 Å². The summed E-state index contributed by atoms with van der Waals surface area (Å²) in [7, 11) is 0. The minimum Gasteiger partial charge on any atom is -0.442 e. The second-order valence-corrected chi connectivity index (χ2v) is 7.20. The maximum absolute atomic E-state index is 14.1. The molecule has 0 heterocycles. The molecule has 0 aromatic heterocycles. The van der Waals surface area contributed by atoms with Crippen molar-refractivity contribution >= 4 is 22.0 Å². The van der Waals surface area contributed by atoms with E-state index in [0.29, 0.717) is 0 Å². The number of carbonyl (C=O) groups is 1. The molecule has 27 heavy (non-hydrogen) atoms. The summed E-state index contributed by atoms with van der Waals surface area (Å²) in [5.41, 5.74) is -0.399. The van der Waals surface area contributed by atoms with Crippen molar-refractivity contribution in [1.29, 1.82) is 0 Å². The van der Waals surface area contributed by atoms with E-state index in [1.165, 1.54) is 18.2 Å². The van der Waals surface area contributed by atoms with Gasteiger partial charge in [0.1, 0.15) is 11.9 Å². The molecule has 6 heteroatoms. The van der Waals surface area contributed by atoms with Crippen molar-refractivity contribution < 1.29 is 19.0 Å². The summed E-state index contributed by atoms with van der Waals surface area (Å²) in [6, 6.07) is 13.5. The van der Waals surface area contributed by atoms with Crippen molar-refractivity contribution in [2.45, 2.75) is 31.5 Å². The fourth-order valence-electron chi connectivity index (χ4n) is 2.80. The Balaban J connectivity index is 1.92. The minimum absolute atomic E-state index is 0.127. The molecule has 0 aliphatic heterocycles. The standard InChI is InChI=1S/C21H23BrFNO3/c1-3-12-21(26,18-6-4-5-7-19(18)23)13-14-24-20(25)27-15(2)16-8-10-17(22)11-9-16/h3-11,15,26H,1,12-14H2,2H3,(H,24,25)/t15-,21?/m0/s1. The number of aliphatic hydroxyl groups is 1. The number of amides is 1. The molecule has 2 aromatic carbocycles. The van der Waals surface area contributed by atoms with Crippen LogP contribution >= 0.6 is 15.9 Å². The number of hydrogen-bond acceptors (Lipinski definition) is 3. The van der Waals surface area contributed by atoms with Crippen LogP contribution in [0, 0.1) is 5.82 Å². The number of ether oxygens (including phenoxy) is 1. The summed E-state index contributed by atoms with van der Waals surface area (Å²) in [6.45, 7) is 5.53. The average molecular weight is 436 g/mol. The predicted octanol–water partition coefficient (Wildman–Crippen LogP) is 5.23. The normalized spacial score (nSPS) is 14.1. The van der Waals surface area contributed by atoms with Gasteiger partial charge in [-0.2, -0.15) is 0 Å². The van der Waals surface area contributed by atoms with Gasteiger partial charge in [0.15, 0.2) is 0 Å². The van der Waals surface area contributed by atoms with Crippen LogP contribution in [0.3, 0.4) is 0 Å². The second-order valence-electron chi connectivity index (χ2n) is 6.28. The minimum atomic E-state index is -1.45. The van der Waals surface area contributed by atoms with Crippen LogP contribution in [0.25, 0.3) is 0 Å². The van der Waals surface area contributed by atoms with Crippen LogP contribution in [0.4, 0.5) is 9.18 Å². The number of benzene rings is 2. The third-order valence-electron chi connectivity index (χ3n) is 4.29. The molecule has 0 aliphatic carbocycles. The van der Waals surface area contributed by atoms with Gasteiger partial charge in [0.25, 0.3) is 0 Å². The van der Waals surface area contributed by atoms with Crippen molar-refractivity contribution in [2.24, 2.45) is 0 Å². The predicted molar refractivity (Wildman–Crippen MR) is 107 cm³/mol. The van der Waals surface area contributed by atoms with Gasteiger partial charge in [-0.3, -0.25) is 0 Å². The number of carbonyl (C=O) groups excluding carboxylic acids is 1. The first-order valence-electron chi connectivity index (χ1n) is 8.64. The molecule has 0 fully saturated rings. The smallest absolute Gasteiger partial charge is 0.407 e. The van der Waals surface area contributed by atoms with Gasteiger partial charge in [-0.25, -0.2) is 9.18 Å². The van der Waals surface area contributed by atoms with Gasteiger partial charge in [-0.1, -0.05) is 52.3 Å². The van der Waals surface area contributed by atoms with E-state index in [1.807, 2.05) is 24.3 Å². The van der Waals surface area contributed by atoms with E-state index in [4.69, 9.17) is 4.74 Å². The summed E-state index contributed by atoms with van der Waals surface area (Å²) in [4.78, 5) is 12.0. The number of rotatable bonds is 8. The molecule has 0 spiro atoms. The molecule has 2 rings (SSSR count). The zero-order valence-corrected chi connectivity index (χ0v) is 16.7. The molecule has 1 unspecified atom stereocenters. The summed E-state index contributed by atoms with van der Waals surface area (Å²) in [5, 5.41) is 13.5. The topological polar surface area (TPSA) is 58.6 Å². The Kier molecular flexibility index (Phi) is 7.56. The van der Waals surface area contributed by atoms with Crippen molar-refractivity contribution in [3.8, 4) is 0 Å². The van der Waals surface area contributed by atoms with E-state index in [0.717, 1.165) is 10.0 Å². The van der Waals surface area contributed by atoms with Crippen molar-refractivity contribution in [3.05, 3.63) is 82.6 Å². The average Bonchev–Trinajstić information content (AvgIpc) is 2.62. The maximum atomic E-state index is 14.1. The van der Waals surface area contributed by atoms with Crippen LogP contribution in [-0.2, 0) is 10.3 Å². The lowest BCUT2D eigenvalue weighted by Crippen LogP contribution is -2.34. The third-order valence-corrected chi connectivity index (χ3v) is 4.82. The Labute approximate surface area is 167 Å². The first kappa shape index (κ1) is 21.1. The molecule has 0 bridgehead atoms. The Bertz CT molecular complexity index is 781. The molecule has 0 saturated carbocycles. The monoisotopic (exact) mass is 435 g/mol. The van der Waals surface area contributed by atoms with Crippen LogP contribution in [-0.4, -0.2) is 17.7 Å². The Morgan fingerprint density at radius 1 is 1.33 bits per heavy atom. The maximum Gasteiger partial charge on any atom is 0.407 e.